The Morgan fingerprint density at radius 3 is 2.55 bits per heavy atom. The van der Waals surface area contributed by atoms with Gasteiger partial charge in [0.15, 0.2) is 0 Å². The van der Waals surface area contributed by atoms with Crippen molar-refractivity contribution in [3.63, 3.8) is 0 Å². The fraction of sp³-hybridized carbons (Fsp3) is 0.267. The second kappa shape index (κ2) is 6.80. The standard InChI is InChI=1S/C15H18NO3P/c1-3-18-20(17,19-4-2)10-9-14-12-16-11-13-7-5-6-8-15(13)14/h5-12H,3-4H2,1-2H3/b10-9+. The molecule has 1 aromatic carbocycles. The molecule has 2 rings (SSSR count). The molecule has 0 radical (unpaired) electrons. The Balaban J connectivity index is 2.35. The van der Waals surface area contributed by atoms with E-state index in [1.807, 2.05) is 24.3 Å². The van der Waals surface area contributed by atoms with Crippen LogP contribution in [0.5, 0.6) is 0 Å². The van der Waals surface area contributed by atoms with E-state index in [0.29, 0.717) is 13.2 Å². The SMILES string of the molecule is CCOP(=O)(/C=C/c1cncc2ccccc12)OCC. The summed E-state index contributed by atoms with van der Waals surface area (Å²) in [4.78, 5) is 4.18. The molecule has 0 atom stereocenters. The first-order valence-corrected chi connectivity index (χ1v) is 8.20. The zero-order chi connectivity index (χ0) is 14.4. The lowest BCUT2D eigenvalue weighted by molar-refractivity contribution is 0.229. The van der Waals surface area contributed by atoms with Crippen molar-refractivity contribution in [1.82, 2.24) is 4.98 Å². The molecule has 1 aromatic heterocycles. The highest BCUT2D eigenvalue weighted by Crippen LogP contribution is 2.50. The van der Waals surface area contributed by atoms with Gasteiger partial charge in [-0.05, 0) is 25.3 Å². The zero-order valence-corrected chi connectivity index (χ0v) is 12.5. The van der Waals surface area contributed by atoms with E-state index in [2.05, 4.69) is 4.98 Å². The third-order valence-corrected chi connectivity index (χ3v) is 4.50. The molecule has 0 aliphatic carbocycles. The molecule has 0 unspecified atom stereocenters. The van der Waals surface area contributed by atoms with E-state index in [1.54, 1.807) is 32.3 Å². The lowest BCUT2D eigenvalue weighted by atomic mass is 10.1. The molecule has 0 saturated carbocycles. The highest BCUT2D eigenvalue weighted by molar-refractivity contribution is 7.57. The zero-order valence-electron chi connectivity index (χ0n) is 11.7. The quantitative estimate of drug-likeness (QED) is 0.737. The number of aromatic nitrogens is 1. The van der Waals surface area contributed by atoms with Crippen molar-refractivity contribution >= 4 is 24.4 Å². The first-order valence-electron chi connectivity index (χ1n) is 6.59. The Morgan fingerprint density at radius 1 is 1.15 bits per heavy atom. The van der Waals surface area contributed by atoms with Gasteiger partial charge < -0.3 is 9.05 Å². The van der Waals surface area contributed by atoms with E-state index in [-0.39, 0.29) is 0 Å². The summed E-state index contributed by atoms with van der Waals surface area (Å²) >= 11 is 0. The molecule has 0 bridgehead atoms. The Morgan fingerprint density at radius 2 is 1.85 bits per heavy atom. The lowest BCUT2D eigenvalue weighted by Crippen LogP contribution is -1.92. The van der Waals surface area contributed by atoms with E-state index in [9.17, 15) is 4.57 Å². The van der Waals surface area contributed by atoms with Crippen molar-refractivity contribution in [2.24, 2.45) is 0 Å². The summed E-state index contributed by atoms with van der Waals surface area (Å²) in [5, 5.41) is 2.09. The van der Waals surface area contributed by atoms with Crippen LogP contribution in [0.4, 0.5) is 0 Å². The number of pyridine rings is 1. The molecular weight excluding hydrogens is 273 g/mol. The predicted molar refractivity (Wildman–Crippen MR) is 81.6 cm³/mol. The van der Waals surface area contributed by atoms with Gasteiger partial charge in [-0.15, -0.1) is 0 Å². The molecule has 4 nitrogen and oxygen atoms in total. The third-order valence-electron chi connectivity index (χ3n) is 2.75. The second-order valence-electron chi connectivity index (χ2n) is 4.14. The Kier molecular flexibility index (Phi) is 5.07. The van der Waals surface area contributed by atoms with Crippen LogP contribution in [0.2, 0.25) is 0 Å². The van der Waals surface area contributed by atoms with E-state index >= 15 is 0 Å². The van der Waals surface area contributed by atoms with Crippen molar-refractivity contribution in [2.45, 2.75) is 13.8 Å². The molecule has 20 heavy (non-hydrogen) atoms. The van der Waals surface area contributed by atoms with E-state index in [0.717, 1.165) is 16.3 Å². The molecule has 0 amide bonds. The molecular formula is C15H18NO3P. The molecule has 1 heterocycles. The molecule has 0 saturated heterocycles. The topological polar surface area (TPSA) is 48.4 Å². The van der Waals surface area contributed by atoms with E-state index < -0.39 is 7.60 Å². The monoisotopic (exact) mass is 291 g/mol. The number of nitrogens with zero attached hydrogens (tertiary/aromatic N) is 1. The number of benzene rings is 1. The van der Waals surface area contributed by atoms with Gasteiger partial charge in [0.25, 0.3) is 0 Å². The summed E-state index contributed by atoms with van der Waals surface area (Å²) < 4.78 is 22.8. The van der Waals surface area contributed by atoms with Crippen LogP contribution in [-0.4, -0.2) is 18.2 Å². The summed E-state index contributed by atoms with van der Waals surface area (Å²) in [5.41, 5.74) is 0.891. The highest BCUT2D eigenvalue weighted by atomic mass is 31.2. The first-order chi connectivity index (χ1) is 9.68. The van der Waals surface area contributed by atoms with Crippen LogP contribution in [-0.2, 0) is 13.6 Å². The minimum Gasteiger partial charge on any atom is -0.306 e. The van der Waals surface area contributed by atoms with Crippen LogP contribution in [0.3, 0.4) is 0 Å². The molecule has 0 fully saturated rings. The minimum absolute atomic E-state index is 0.343. The maximum atomic E-state index is 12.4. The van der Waals surface area contributed by atoms with Gasteiger partial charge in [0, 0.05) is 29.2 Å². The maximum Gasteiger partial charge on any atom is 0.354 e. The fourth-order valence-corrected chi connectivity index (χ4v) is 3.24. The number of rotatable bonds is 6. The minimum atomic E-state index is -3.17. The van der Waals surface area contributed by atoms with Gasteiger partial charge >= 0.3 is 7.60 Å². The summed E-state index contributed by atoms with van der Waals surface area (Å²) in [6.07, 6.45) is 5.29. The van der Waals surface area contributed by atoms with Crippen molar-refractivity contribution in [3.05, 3.63) is 48.0 Å². The average molecular weight is 291 g/mol. The van der Waals surface area contributed by atoms with Gasteiger partial charge in [0.05, 0.1) is 13.2 Å². The van der Waals surface area contributed by atoms with Gasteiger partial charge in [-0.1, -0.05) is 24.3 Å². The molecule has 2 aromatic rings. The van der Waals surface area contributed by atoms with Crippen LogP contribution in [0.25, 0.3) is 16.8 Å². The van der Waals surface area contributed by atoms with E-state index in [4.69, 9.17) is 9.05 Å². The average Bonchev–Trinajstić information content (AvgIpc) is 2.46. The van der Waals surface area contributed by atoms with Crippen LogP contribution >= 0.6 is 7.60 Å². The normalized spacial score (nSPS) is 12.3. The third kappa shape index (κ3) is 3.54. The summed E-state index contributed by atoms with van der Waals surface area (Å²) in [6.45, 7) is 4.27. The lowest BCUT2D eigenvalue weighted by Gasteiger charge is -2.12. The predicted octanol–water partition coefficient (Wildman–Crippen LogP) is 4.47. The molecule has 0 N–H and O–H groups in total. The van der Waals surface area contributed by atoms with Gasteiger partial charge in [0.1, 0.15) is 0 Å². The van der Waals surface area contributed by atoms with Gasteiger partial charge in [-0.2, -0.15) is 0 Å². The van der Waals surface area contributed by atoms with Crippen molar-refractivity contribution in [2.75, 3.05) is 13.2 Å². The van der Waals surface area contributed by atoms with Crippen LogP contribution in [0, 0.1) is 0 Å². The Hall–Kier alpha value is -1.48. The maximum absolute atomic E-state index is 12.4. The highest BCUT2D eigenvalue weighted by Gasteiger charge is 2.18. The van der Waals surface area contributed by atoms with Crippen LogP contribution in [0.15, 0.2) is 42.5 Å². The van der Waals surface area contributed by atoms with Crippen LogP contribution in [0.1, 0.15) is 19.4 Å². The van der Waals surface area contributed by atoms with Gasteiger partial charge in [0.2, 0.25) is 0 Å². The van der Waals surface area contributed by atoms with Crippen LogP contribution < -0.4 is 0 Å². The summed E-state index contributed by atoms with van der Waals surface area (Å²) in [6, 6.07) is 7.92. The van der Waals surface area contributed by atoms with Crippen molar-refractivity contribution in [1.29, 1.82) is 0 Å². The summed E-state index contributed by atoms with van der Waals surface area (Å²) in [5.74, 6) is 1.50. The number of hydrogen-bond donors (Lipinski definition) is 0. The largest absolute Gasteiger partial charge is 0.354 e. The van der Waals surface area contributed by atoms with E-state index in [1.165, 1.54) is 5.82 Å². The summed E-state index contributed by atoms with van der Waals surface area (Å²) in [7, 11) is -3.17. The molecule has 0 spiro atoms. The molecule has 0 aliphatic rings. The first kappa shape index (κ1) is 14.9. The van der Waals surface area contributed by atoms with Crippen molar-refractivity contribution in [3.8, 4) is 0 Å². The number of hydrogen-bond acceptors (Lipinski definition) is 4. The smallest absolute Gasteiger partial charge is 0.306 e. The molecule has 106 valence electrons. The molecule has 0 aliphatic heterocycles. The Labute approximate surface area is 119 Å². The van der Waals surface area contributed by atoms with Gasteiger partial charge in [-0.25, -0.2) is 0 Å². The fourth-order valence-electron chi connectivity index (χ4n) is 1.93. The van der Waals surface area contributed by atoms with Gasteiger partial charge in [-0.3, -0.25) is 9.55 Å². The molecule has 5 heteroatoms. The van der Waals surface area contributed by atoms with Crippen molar-refractivity contribution < 1.29 is 13.6 Å². The number of fused-ring (bicyclic) bond motifs is 1. The Bertz CT molecular complexity index is 639. The second-order valence-corrected chi connectivity index (χ2v) is 6.04.